The lowest BCUT2D eigenvalue weighted by Crippen LogP contribution is -1.69. The third-order valence-electron chi connectivity index (χ3n) is 1.42. The van der Waals surface area contributed by atoms with E-state index >= 15 is 0 Å². The Kier molecular flexibility index (Phi) is 3.69. The third kappa shape index (κ3) is 3.29. The maximum absolute atomic E-state index is 2.20. The van der Waals surface area contributed by atoms with Gasteiger partial charge in [0.15, 0.2) is 0 Å². The van der Waals surface area contributed by atoms with Crippen LogP contribution in [0.25, 0.3) is 0 Å². The molecule has 1 aliphatic carbocycles. The van der Waals surface area contributed by atoms with Crippen molar-refractivity contribution in [3.63, 3.8) is 0 Å². The Morgan fingerprint density at radius 3 is 2.00 bits per heavy atom. The number of rotatable bonds is 0. The summed E-state index contributed by atoms with van der Waals surface area (Å²) >= 11 is 0. The fraction of sp³-hybridized carbons (Fsp3) is 0.300. The summed E-state index contributed by atoms with van der Waals surface area (Å²) in [4.78, 5) is 0. The smallest absolute Gasteiger partial charge is 0.0133 e. The van der Waals surface area contributed by atoms with Gasteiger partial charge in [0, 0.05) is 0 Å². The van der Waals surface area contributed by atoms with Crippen molar-refractivity contribution in [2.75, 3.05) is 0 Å². The zero-order valence-corrected chi connectivity index (χ0v) is 6.16. The molecule has 1 aliphatic rings. The van der Waals surface area contributed by atoms with E-state index in [4.69, 9.17) is 0 Å². The van der Waals surface area contributed by atoms with Crippen LogP contribution in [0.15, 0.2) is 36.5 Å². The Hall–Kier alpha value is -0.780. The minimum Gasteiger partial charge on any atom is -0.0876 e. The highest BCUT2D eigenvalue weighted by atomic mass is 13.9. The zero-order valence-electron chi connectivity index (χ0n) is 6.16. The third-order valence-corrected chi connectivity index (χ3v) is 1.42. The van der Waals surface area contributed by atoms with Crippen LogP contribution in [0.3, 0.4) is 0 Å². The molecule has 0 saturated heterocycles. The molecule has 0 nitrogen and oxygen atoms in total. The second-order valence-corrected chi connectivity index (χ2v) is 2.31. The Labute approximate surface area is 62.9 Å². The summed E-state index contributed by atoms with van der Waals surface area (Å²) in [5.74, 6) is 0. The summed E-state index contributed by atoms with van der Waals surface area (Å²) in [6.45, 7) is 0. The van der Waals surface area contributed by atoms with E-state index in [0.717, 1.165) is 19.3 Å². The predicted molar refractivity (Wildman–Crippen MR) is 45.6 cm³/mol. The van der Waals surface area contributed by atoms with Crippen LogP contribution >= 0.6 is 0 Å². The van der Waals surface area contributed by atoms with Gasteiger partial charge in [-0.25, -0.2) is 0 Å². The van der Waals surface area contributed by atoms with Crippen molar-refractivity contribution >= 4 is 0 Å². The van der Waals surface area contributed by atoms with Crippen molar-refractivity contribution in [1.29, 1.82) is 0 Å². The molecule has 0 aliphatic heterocycles. The van der Waals surface area contributed by atoms with Crippen molar-refractivity contribution in [2.24, 2.45) is 0 Å². The monoisotopic (exact) mass is 133 g/mol. The minimum absolute atomic E-state index is 1.07. The lowest BCUT2D eigenvalue weighted by molar-refractivity contribution is 1.21. The molecule has 0 spiro atoms. The summed E-state index contributed by atoms with van der Waals surface area (Å²) < 4.78 is 0. The molecule has 53 valence electrons. The molecule has 1 radical (unpaired) electrons. The molecular weight excluding hydrogens is 120 g/mol. The van der Waals surface area contributed by atoms with E-state index in [1.807, 2.05) is 0 Å². The maximum atomic E-state index is 2.20. The summed E-state index contributed by atoms with van der Waals surface area (Å²) in [5.41, 5.74) is 0. The van der Waals surface area contributed by atoms with Gasteiger partial charge in [-0.3, -0.25) is 0 Å². The zero-order chi connectivity index (χ0) is 7.07. The van der Waals surface area contributed by atoms with Gasteiger partial charge in [0.1, 0.15) is 0 Å². The van der Waals surface area contributed by atoms with E-state index in [0.29, 0.717) is 0 Å². The average molecular weight is 133 g/mol. The SMILES string of the molecule is [CH]1/C=C\C/C=C\C/C=C\C1. The normalized spacial score (nSPS) is 28.8. The van der Waals surface area contributed by atoms with Crippen LogP contribution in [0.4, 0.5) is 0 Å². The second kappa shape index (κ2) is 5.04. The van der Waals surface area contributed by atoms with Gasteiger partial charge in [-0.1, -0.05) is 36.5 Å². The largest absolute Gasteiger partial charge is 0.0876 e. The van der Waals surface area contributed by atoms with Crippen LogP contribution in [0.5, 0.6) is 0 Å². The highest BCUT2D eigenvalue weighted by Gasteiger charge is 1.79. The van der Waals surface area contributed by atoms with Gasteiger partial charge in [-0.15, -0.1) is 0 Å². The molecular formula is C10H13. The maximum Gasteiger partial charge on any atom is -0.0133 e. The van der Waals surface area contributed by atoms with E-state index in [1.165, 1.54) is 0 Å². The first kappa shape index (κ1) is 7.33. The molecule has 0 amide bonds. The van der Waals surface area contributed by atoms with Gasteiger partial charge in [0.25, 0.3) is 0 Å². The summed E-state index contributed by atoms with van der Waals surface area (Å²) in [6, 6.07) is 0. The number of hydrogen-bond donors (Lipinski definition) is 0. The first-order chi connectivity index (χ1) is 5.00. The highest BCUT2D eigenvalue weighted by molar-refractivity contribution is 5.05. The van der Waals surface area contributed by atoms with Crippen LogP contribution in [0, 0.1) is 6.42 Å². The molecule has 1 rings (SSSR count). The Bertz CT molecular complexity index is 131. The topological polar surface area (TPSA) is 0 Å². The van der Waals surface area contributed by atoms with Gasteiger partial charge < -0.3 is 0 Å². The Balaban J connectivity index is 2.38. The number of allylic oxidation sites excluding steroid dienone is 6. The van der Waals surface area contributed by atoms with Crippen molar-refractivity contribution in [1.82, 2.24) is 0 Å². The molecule has 10 heavy (non-hydrogen) atoms. The van der Waals surface area contributed by atoms with Gasteiger partial charge in [-0.2, -0.15) is 0 Å². The minimum atomic E-state index is 1.07. The van der Waals surface area contributed by atoms with Gasteiger partial charge in [-0.05, 0) is 25.7 Å². The standard InChI is InChI=1S/C10H13/c1-2-4-6-8-10-9-7-5-3-1/h1-3,6-9H,4-5,10H2/b2-1-,8-6-,9-7-. The molecule has 0 N–H and O–H groups in total. The van der Waals surface area contributed by atoms with Crippen LogP contribution in [0.1, 0.15) is 19.3 Å². The summed E-state index contributed by atoms with van der Waals surface area (Å²) in [5, 5.41) is 0. The fourth-order valence-electron chi connectivity index (χ4n) is 0.874. The highest BCUT2D eigenvalue weighted by Crippen LogP contribution is 1.98. The summed E-state index contributed by atoms with van der Waals surface area (Å²) in [6.07, 6.45) is 18.5. The van der Waals surface area contributed by atoms with Crippen molar-refractivity contribution < 1.29 is 0 Å². The number of hydrogen-bond acceptors (Lipinski definition) is 0. The molecule has 0 saturated carbocycles. The van der Waals surface area contributed by atoms with Crippen molar-refractivity contribution in [3.05, 3.63) is 42.9 Å². The molecule has 0 aromatic heterocycles. The van der Waals surface area contributed by atoms with Crippen LogP contribution in [-0.4, -0.2) is 0 Å². The van der Waals surface area contributed by atoms with Crippen molar-refractivity contribution in [2.45, 2.75) is 19.3 Å². The van der Waals surface area contributed by atoms with Crippen LogP contribution < -0.4 is 0 Å². The average Bonchev–Trinajstić information content (AvgIpc) is 2.01. The van der Waals surface area contributed by atoms with Gasteiger partial charge in [0.2, 0.25) is 0 Å². The molecule has 0 atom stereocenters. The molecule has 0 bridgehead atoms. The lowest BCUT2D eigenvalue weighted by atomic mass is 10.2. The molecule has 0 heterocycles. The predicted octanol–water partition coefficient (Wildman–Crippen LogP) is 3.04. The second-order valence-electron chi connectivity index (χ2n) is 2.31. The van der Waals surface area contributed by atoms with E-state index in [2.05, 4.69) is 42.9 Å². The first-order valence-corrected chi connectivity index (χ1v) is 3.78. The van der Waals surface area contributed by atoms with E-state index < -0.39 is 0 Å². The van der Waals surface area contributed by atoms with E-state index in [9.17, 15) is 0 Å². The lowest BCUT2D eigenvalue weighted by Gasteiger charge is -1.89. The summed E-state index contributed by atoms with van der Waals surface area (Å²) in [7, 11) is 0. The van der Waals surface area contributed by atoms with E-state index in [1.54, 1.807) is 0 Å². The fourth-order valence-corrected chi connectivity index (χ4v) is 0.874. The van der Waals surface area contributed by atoms with Gasteiger partial charge >= 0.3 is 0 Å². The Morgan fingerprint density at radius 2 is 1.20 bits per heavy atom. The van der Waals surface area contributed by atoms with Gasteiger partial charge in [0.05, 0.1) is 0 Å². The molecule has 0 aromatic carbocycles. The van der Waals surface area contributed by atoms with Crippen LogP contribution in [-0.2, 0) is 0 Å². The van der Waals surface area contributed by atoms with Crippen LogP contribution in [0.2, 0.25) is 0 Å². The first-order valence-electron chi connectivity index (χ1n) is 3.78. The molecule has 0 fully saturated rings. The van der Waals surface area contributed by atoms with E-state index in [-0.39, 0.29) is 0 Å². The molecule has 0 unspecified atom stereocenters. The Morgan fingerprint density at radius 1 is 0.600 bits per heavy atom. The van der Waals surface area contributed by atoms with Crippen molar-refractivity contribution in [3.8, 4) is 0 Å². The quantitative estimate of drug-likeness (QED) is 0.445. The molecule has 0 aromatic rings. The molecule has 0 heteroatoms.